The molecular formula is C8H12O2S. The van der Waals surface area contributed by atoms with Gasteiger partial charge in [0.15, 0.2) is 0 Å². The maximum atomic E-state index is 9.27. The summed E-state index contributed by atoms with van der Waals surface area (Å²) in [5, 5.41) is 21.8. The molecule has 0 unspecified atom stereocenters. The predicted octanol–water partition coefficient (Wildman–Crippen LogP) is 1.03. The average Bonchev–Trinajstić information content (AvgIpc) is 2.40. The lowest BCUT2D eigenvalue weighted by atomic mass is 10.1. The summed E-state index contributed by atoms with van der Waals surface area (Å²) in [6.45, 7) is 0.0608. The molecule has 0 aliphatic carbocycles. The zero-order valence-corrected chi connectivity index (χ0v) is 7.05. The highest BCUT2D eigenvalue weighted by Gasteiger charge is 2.03. The van der Waals surface area contributed by atoms with E-state index in [9.17, 15) is 5.11 Å². The minimum atomic E-state index is -0.394. The molecule has 3 heteroatoms. The van der Waals surface area contributed by atoms with Gasteiger partial charge in [-0.15, -0.1) is 0 Å². The maximum Gasteiger partial charge on any atom is 0.0602 e. The van der Waals surface area contributed by atoms with Crippen molar-refractivity contribution >= 4 is 11.3 Å². The quantitative estimate of drug-likeness (QED) is 0.712. The zero-order chi connectivity index (χ0) is 8.10. The molecule has 0 aliphatic heterocycles. The Hall–Kier alpha value is -0.380. The van der Waals surface area contributed by atoms with Gasteiger partial charge in [0.1, 0.15) is 0 Å². The van der Waals surface area contributed by atoms with Crippen molar-refractivity contribution < 1.29 is 10.2 Å². The van der Waals surface area contributed by atoms with E-state index in [1.807, 2.05) is 16.8 Å². The molecule has 0 spiro atoms. The summed E-state index contributed by atoms with van der Waals surface area (Å²) in [6.07, 6.45) is 0.731. The molecule has 1 aromatic rings. The normalized spacial score (nSPS) is 13.3. The lowest BCUT2D eigenvalue weighted by Crippen LogP contribution is -2.11. The number of rotatable bonds is 4. The van der Waals surface area contributed by atoms with Crippen LogP contribution in [0.15, 0.2) is 16.8 Å². The van der Waals surface area contributed by atoms with Gasteiger partial charge < -0.3 is 10.2 Å². The van der Waals surface area contributed by atoms with Crippen LogP contribution in [0.3, 0.4) is 0 Å². The first-order valence-electron chi connectivity index (χ1n) is 3.63. The van der Waals surface area contributed by atoms with E-state index < -0.39 is 6.10 Å². The highest BCUT2D eigenvalue weighted by Crippen LogP contribution is 2.09. The van der Waals surface area contributed by atoms with Gasteiger partial charge in [0, 0.05) is 6.61 Å². The second kappa shape index (κ2) is 4.49. The van der Waals surface area contributed by atoms with Crippen molar-refractivity contribution in [2.75, 3.05) is 6.61 Å². The van der Waals surface area contributed by atoms with E-state index in [1.54, 1.807) is 11.3 Å². The molecule has 2 N–H and O–H groups in total. The van der Waals surface area contributed by atoms with Crippen molar-refractivity contribution in [1.82, 2.24) is 0 Å². The molecule has 0 saturated carbocycles. The van der Waals surface area contributed by atoms with E-state index in [4.69, 9.17) is 5.11 Å². The Bertz CT molecular complexity index is 184. The van der Waals surface area contributed by atoms with Gasteiger partial charge in [0.25, 0.3) is 0 Å². The Labute approximate surface area is 70.1 Å². The molecule has 0 amide bonds. The van der Waals surface area contributed by atoms with Crippen LogP contribution in [0.2, 0.25) is 0 Å². The number of aliphatic hydroxyl groups excluding tert-OH is 2. The van der Waals surface area contributed by atoms with Crippen molar-refractivity contribution in [3.8, 4) is 0 Å². The molecule has 0 aliphatic rings. The fourth-order valence-electron chi connectivity index (χ4n) is 0.932. The van der Waals surface area contributed by atoms with Gasteiger partial charge in [-0.3, -0.25) is 0 Å². The van der Waals surface area contributed by atoms with Crippen LogP contribution in [-0.4, -0.2) is 22.9 Å². The maximum absolute atomic E-state index is 9.27. The molecule has 0 aromatic carbocycles. The standard InChI is InChI=1S/C8H12O2S/c9-3-1-8(10)5-7-2-4-11-6-7/h2,4,6,8-10H,1,3,5H2/t8-/m1/s1. The van der Waals surface area contributed by atoms with Crippen molar-refractivity contribution in [2.24, 2.45) is 0 Å². The first kappa shape index (κ1) is 8.71. The largest absolute Gasteiger partial charge is 0.396 e. The Balaban J connectivity index is 2.31. The molecule has 0 saturated heterocycles. The Morgan fingerprint density at radius 2 is 2.36 bits per heavy atom. The van der Waals surface area contributed by atoms with E-state index in [0.717, 1.165) is 5.56 Å². The van der Waals surface area contributed by atoms with E-state index in [-0.39, 0.29) is 6.61 Å². The third-order valence-electron chi connectivity index (χ3n) is 1.51. The Kier molecular flexibility index (Phi) is 3.56. The van der Waals surface area contributed by atoms with Crippen LogP contribution in [0.5, 0.6) is 0 Å². The van der Waals surface area contributed by atoms with Crippen LogP contribution in [0, 0.1) is 0 Å². The van der Waals surface area contributed by atoms with Crippen LogP contribution in [-0.2, 0) is 6.42 Å². The monoisotopic (exact) mass is 172 g/mol. The SMILES string of the molecule is OCC[C@@H](O)Cc1ccsc1. The molecule has 11 heavy (non-hydrogen) atoms. The van der Waals surface area contributed by atoms with Crippen molar-refractivity contribution in [3.63, 3.8) is 0 Å². The van der Waals surface area contributed by atoms with Gasteiger partial charge in [-0.25, -0.2) is 0 Å². The van der Waals surface area contributed by atoms with Crippen LogP contribution in [0.4, 0.5) is 0 Å². The van der Waals surface area contributed by atoms with Crippen molar-refractivity contribution in [2.45, 2.75) is 18.9 Å². The lowest BCUT2D eigenvalue weighted by molar-refractivity contribution is 0.133. The van der Waals surface area contributed by atoms with Crippen LogP contribution < -0.4 is 0 Å². The molecule has 2 nitrogen and oxygen atoms in total. The highest BCUT2D eigenvalue weighted by atomic mass is 32.1. The summed E-state index contributed by atoms with van der Waals surface area (Å²) >= 11 is 1.63. The fourth-order valence-corrected chi connectivity index (χ4v) is 1.61. The number of hydrogen-bond donors (Lipinski definition) is 2. The minimum absolute atomic E-state index is 0.0608. The first-order chi connectivity index (χ1) is 5.33. The van der Waals surface area contributed by atoms with Crippen LogP contribution in [0.25, 0.3) is 0 Å². The topological polar surface area (TPSA) is 40.5 Å². The molecular weight excluding hydrogens is 160 g/mol. The van der Waals surface area contributed by atoms with Gasteiger partial charge >= 0.3 is 0 Å². The highest BCUT2D eigenvalue weighted by molar-refractivity contribution is 7.07. The third kappa shape index (κ3) is 3.01. The van der Waals surface area contributed by atoms with Gasteiger partial charge in [-0.2, -0.15) is 11.3 Å². The van der Waals surface area contributed by atoms with Crippen LogP contribution >= 0.6 is 11.3 Å². The molecule has 1 rings (SSSR count). The second-order valence-electron chi connectivity index (χ2n) is 2.50. The van der Waals surface area contributed by atoms with Crippen molar-refractivity contribution in [3.05, 3.63) is 22.4 Å². The van der Waals surface area contributed by atoms with Crippen molar-refractivity contribution in [1.29, 1.82) is 0 Å². The Morgan fingerprint density at radius 3 is 2.91 bits per heavy atom. The Morgan fingerprint density at radius 1 is 1.55 bits per heavy atom. The summed E-state index contributed by atoms with van der Waals surface area (Å²) in [5.41, 5.74) is 1.15. The van der Waals surface area contributed by atoms with Gasteiger partial charge in [-0.05, 0) is 35.2 Å². The fraction of sp³-hybridized carbons (Fsp3) is 0.500. The van der Waals surface area contributed by atoms with E-state index in [2.05, 4.69) is 0 Å². The molecule has 1 aromatic heterocycles. The van der Waals surface area contributed by atoms with Gasteiger partial charge in [0.2, 0.25) is 0 Å². The number of hydrogen-bond acceptors (Lipinski definition) is 3. The summed E-state index contributed by atoms with van der Waals surface area (Å²) in [6, 6.07) is 1.99. The summed E-state index contributed by atoms with van der Waals surface area (Å²) in [4.78, 5) is 0. The number of thiophene rings is 1. The smallest absolute Gasteiger partial charge is 0.0602 e. The molecule has 0 bridgehead atoms. The summed E-state index contributed by atoms with van der Waals surface area (Å²) in [5.74, 6) is 0. The minimum Gasteiger partial charge on any atom is -0.396 e. The molecule has 0 radical (unpaired) electrons. The third-order valence-corrected chi connectivity index (χ3v) is 2.25. The molecule has 1 heterocycles. The summed E-state index contributed by atoms with van der Waals surface area (Å²) in [7, 11) is 0. The lowest BCUT2D eigenvalue weighted by Gasteiger charge is -2.05. The molecule has 1 atom stereocenters. The predicted molar refractivity (Wildman–Crippen MR) is 45.7 cm³/mol. The molecule has 62 valence electrons. The summed E-state index contributed by atoms with van der Waals surface area (Å²) < 4.78 is 0. The second-order valence-corrected chi connectivity index (χ2v) is 3.28. The average molecular weight is 172 g/mol. The van der Waals surface area contributed by atoms with Gasteiger partial charge in [0.05, 0.1) is 6.10 Å². The molecule has 0 fully saturated rings. The van der Waals surface area contributed by atoms with E-state index >= 15 is 0 Å². The zero-order valence-electron chi connectivity index (χ0n) is 6.23. The van der Waals surface area contributed by atoms with E-state index in [1.165, 1.54) is 0 Å². The van der Waals surface area contributed by atoms with Gasteiger partial charge in [-0.1, -0.05) is 0 Å². The van der Waals surface area contributed by atoms with Crippen LogP contribution in [0.1, 0.15) is 12.0 Å². The number of aliphatic hydroxyl groups is 2. The van der Waals surface area contributed by atoms with E-state index in [0.29, 0.717) is 12.8 Å². The first-order valence-corrected chi connectivity index (χ1v) is 4.57.